The first kappa shape index (κ1) is 19.1. The Morgan fingerprint density at radius 1 is 0.758 bits per heavy atom. The van der Waals surface area contributed by atoms with Gasteiger partial charge in [-0.2, -0.15) is 0 Å². The fourth-order valence-corrected chi connectivity index (χ4v) is 7.04. The first-order valence-corrected chi connectivity index (χ1v) is 12.7. The number of nitrogens with zero attached hydrogens (tertiary/aromatic N) is 1. The molecular weight excluding hydrogens is 418 g/mol. The normalized spacial score (nSPS) is 18.7. The minimum atomic E-state index is 0.635. The Morgan fingerprint density at radius 3 is 2.39 bits per heavy atom. The van der Waals surface area contributed by atoms with Crippen LogP contribution in [0.15, 0.2) is 97.1 Å². The highest BCUT2D eigenvalue weighted by atomic mass is 32.1. The van der Waals surface area contributed by atoms with Gasteiger partial charge in [0.1, 0.15) is 0 Å². The maximum atomic E-state index is 2.45. The molecule has 2 unspecified atom stereocenters. The Hall–Kier alpha value is -3.36. The smallest absolute Gasteiger partial charge is 0.0555 e. The third-order valence-electron chi connectivity index (χ3n) is 7.34. The Labute approximate surface area is 197 Å². The van der Waals surface area contributed by atoms with E-state index >= 15 is 0 Å². The molecule has 1 aliphatic carbocycles. The summed E-state index contributed by atoms with van der Waals surface area (Å²) < 4.78 is 5.20. The van der Waals surface area contributed by atoms with E-state index in [1.54, 1.807) is 0 Å². The molecule has 0 radical (unpaired) electrons. The molecule has 2 aromatic heterocycles. The van der Waals surface area contributed by atoms with E-state index in [-0.39, 0.29) is 0 Å². The molecule has 0 bridgehead atoms. The molecule has 33 heavy (non-hydrogen) atoms. The van der Waals surface area contributed by atoms with Crippen LogP contribution in [0.4, 0.5) is 0 Å². The molecule has 0 aliphatic heterocycles. The van der Waals surface area contributed by atoms with E-state index in [1.165, 1.54) is 59.6 Å². The molecule has 7 rings (SSSR count). The Bertz CT molecular complexity index is 1680. The topological polar surface area (TPSA) is 4.93 Å². The molecule has 0 saturated carbocycles. The molecule has 0 spiro atoms. The van der Waals surface area contributed by atoms with Crippen molar-refractivity contribution in [1.29, 1.82) is 0 Å². The monoisotopic (exact) mass is 443 g/mol. The molecular formula is C31H25NS. The number of fused-ring (bicyclic) bond motifs is 7. The summed E-state index contributed by atoms with van der Waals surface area (Å²) in [5.41, 5.74) is 5.27. The number of para-hydroxylation sites is 1. The van der Waals surface area contributed by atoms with Gasteiger partial charge in [-0.25, -0.2) is 0 Å². The number of hydrogen-bond acceptors (Lipinski definition) is 1. The molecule has 0 saturated heterocycles. The lowest BCUT2D eigenvalue weighted by Gasteiger charge is -2.23. The molecule has 2 atom stereocenters. The van der Waals surface area contributed by atoms with Crippen LogP contribution in [0.1, 0.15) is 31.2 Å². The highest BCUT2D eigenvalue weighted by Gasteiger charge is 2.19. The zero-order chi connectivity index (χ0) is 21.9. The maximum Gasteiger partial charge on any atom is 0.0555 e. The van der Waals surface area contributed by atoms with Crippen LogP contribution >= 0.6 is 11.3 Å². The summed E-state index contributed by atoms with van der Waals surface area (Å²) in [4.78, 5) is 0. The fraction of sp³-hybridized carbons (Fsp3) is 0.161. The van der Waals surface area contributed by atoms with E-state index in [2.05, 4.69) is 109 Å². The van der Waals surface area contributed by atoms with Crippen LogP contribution < -0.4 is 0 Å². The van der Waals surface area contributed by atoms with E-state index in [0.717, 1.165) is 6.42 Å². The average Bonchev–Trinajstić information content (AvgIpc) is 3.40. The van der Waals surface area contributed by atoms with Crippen LogP contribution in [0.25, 0.3) is 47.7 Å². The van der Waals surface area contributed by atoms with Gasteiger partial charge in [0, 0.05) is 36.6 Å². The summed E-state index contributed by atoms with van der Waals surface area (Å²) in [6, 6.07) is 31.6. The summed E-state index contributed by atoms with van der Waals surface area (Å²) in [6.45, 7) is 2.32. The van der Waals surface area contributed by atoms with Crippen molar-refractivity contribution in [2.24, 2.45) is 5.92 Å². The van der Waals surface area contributed by atoms with Crippen molar-refractivity contribution in [2.45, 2.75) is 25.7 Å². The van der Waals surface area contributed by atoms with E-state index in [1.807, 2.05) is 11.3 Å². The van der Waals surface area contributed by atoms with Crippen LogP contribution in [0.5, 0.6) is 0 Å². The Kier molecular flexibility index (Phi) is 4.25. The summed E-state index contributed by atoms with van der Waals surface area (Å²) in [7, 11) is 0. The van der Waals surface area contributed by atoms with Crippen molar-refractivity contribution in [3.8, 4) is 5.69 Å². The second-order valence-electron chi connectivity index (χ2n) is 9.45. The first-order chi connectivity index (χ1) is 16.3. The second kappa shape index (κ2) is 7.33. The predicted octanol–water partition coefficient (Wildman–Crippen LogP) is 9.22. The van der Waals surface area contributed by atoms with Gasteiger partial charge in [-0.15, -0.1) is 11.3 Å². The van der Waals surface area contributed by atoms with Gasteiger partial charge in [0.25, 0.3) is 0 Å². The van der Waals surface area contributed by atoms with Gasteiger partial charge in [0.2, 0.25) is 0 Å². The summed E-state index contributed by atoms with van der Waals surface area (Å²) in [5.74, 6) is 1.31. The largest absolute Gasteiger partial charge is 0.309 e. The lowest BCUT2D eigenvalue weighted by molar-refractivity contribution is 0.515. The van der Waals surface area contributed by atoms with Crippen molar-refractivity contribution in [1.82, 2.24) is 4.57 Å². The van der Waals surface area contributed by atoms with Crippen molar-refractivity contribution in [3.63, 3.8) is 0 Å². The molecule has 1 nitrogen and oxygen atoms in total. The second-order valence-corrected chi connectivity index (χ2v) is 10.5. The Balaban J connectivity index is 1.46. The molecule has 160 valence electrons. The molecule has 0 amide bonds. The predicted molar refractivity (Wildman–Crippen MR) is 144 cm³/mol. The van der Waals surface area contributed by atoms with Crippen molar-refractivity contribution >= 4 is 53.3 Å². The zero-order valence-electron chi connectivity index (χ0n) is 18.7. The van der Waals surface area contributed by atoms with Gasteiger partial charge >= 0.3 is 0 Å². The number of hydrogen-bond donors (Lipinski definition) is 0. The summed E-state index contributed by atoms with van der Waals surface area (Å²) in [6.07, 6.45) is 7.12. The van der Waals surface area contributed by atoms with Crippen LogP contribution in [-0.2, 0) is 0 Å². The first-order valence-electron chi connectivity index (χ1n) is 11.9. The number of benzene rings is 4. The third-order valence-corrected chi connectivity index (χ3v) is 8.55. The molecule has 4 aromatic carbocycles. The number of allylic oxidation sites excluding steroid dienone is 2. The molecule has 0 N–H and O–H groups in total. The number of rotatable bonds is 2. The van der Waals surface area contributed by atoms with Gasteiger partial charge < -0.3 is 4.57 Å². The molecule has 6 aromatic rings. The zero-order valence-corrected chi connectivity index (χ0v) is 19.5. The van der Waals surface area contributed by atoms with Gasteiger partial charge in [-0.3, -0.25) is 0 Å². The van der Waals surface area contributed by atoms with E-state index < -0.39 is 0 Å². The van der Waals surface area contributed by atoms with Gasteiger partial charge in [0.15, 0.2) is 0 Å². The average molecular weight is 444 g/mol. The van der Waals surface area contributed by atoms with Gasteiger partial charge in [0.05, 0.1) is 11.0 Å². The minimum Gasteiger partial charge on any atom is -0.309 e. The molecule has 2 heteroatoms. The van der Waals surface area contributed by atoms with Gasteiger partial charge in [-0.05, 0) is 60.6 Å². The van der Waals surface area contributed by atoms with Crippen molar-refractivity contribution in [3.05, 3.63) is 103 Å². The Morgan fingerprint density at radius 2 is 1.55 bits per heavy atom. The number of aromatic nitrogens is 1. The van der Waals surface area contributed by atoms with Gasteiger partial charge in [-0.1, -0.05) is 73.7 Å². The minimum absolute atomic E-state index is 0.635. The van der Waals surface area contributed by atoms with Crippen LogP contribution in [0.2, 0.25) is 0 Å². The lowest BCUT2D eigenvalue weighted by atomic mass is 9.83. The maximum absolute atomic E-state index is 2.45. The van der Waals surface area contributed by atoms with Crippen molar-refractivity contribution < 1.29 is 0 Å². The lowest BCUT2D eigenvalue weighted by Crippen LogP contribution is -2.07. The van der Waals surface area contributed by atoms with E-state index in [9.17, 15) is 0 Å². The molecule has 1 aliphatic rings. The molecule has 2 heterocycles. The van der Waals surface area contributed by atoms with Crippen LogP contribution in [0, 0.1) is 5.92 Å². The molecule has 0 fully saturated rings. The van der Waals surface area contributed by atoms with E-state index in [0.29, 0.717) is 11.8 Å². The SMILES string of the molecule is CC1C=CCC(c2ccc(-n3c4ccccc4c4c5sc6ccccc6c5ccc43)cc2)C1. The number of thiophene rings is 1. The fourth-order valence-electron chi connectivity index (χ4n) is 5.78. The quantitative estimate of drug-likeness (QED) is 0.235. The third kappa shape index (κ3) is 2.91. The standard InChI is InChI=1S/C31H25NS/c1-20-7-6-8-22(19-20)21-13-15-23(16-14-21)32-27-11-4-2-10-26(27)30-28(32)18-17-25-24-9-3-5-12-29(24)33-31(25)30/h2-7,9-18,20,22H,8,19H2,1H3. The van der Waals surface area contributed by atoms with Crippen molar-refractivity contribution in [2.75, 3.05) is 0 Å². The van der Waals surface area contributed by atoms with E-state index in [4.69, 9.17) is 0 Å². The highest BCUT2D eigenvalue weighted by Crippen LogP contribution is 2.43. The van der Waals surface area contributed by atoms with Crippen LogP contribution in [-0.4, -0.2) is 4.57 Å². The highest BCUT2D eigenvalue weighted by molar-refractivity contribution is 7.26. The summed E-state index contributed by atoms with van der Waals surface area (Å²) >= 11 is 1.92. The summed E-state index contributed by atoms with van der Waals surface area (Å²) in [5, 5.41) is 5.43. The van der Waals surface area contributed by atoms with Crippen LogP contribution in [0.3, 0.4) is 0 Å².